The first-order valence-electron chi connectivity index (χ1n) is 8.08. The van der Waals surface area contributed by atoms with Crippen LogP contribution in [0.3, 0.4) is 0 Å². The van der Waals surface area contributed by atoms with Crippen molar-refractivity contribution in [2.24, 2.45) is 5.92 Å². The molecule has 0 saturated carbocycles. The van der Waals surface area contributed by atoms with Gasteiger partial charge in [-0.1, -0.05) is 6.92 Å². The van der Waals surface area contributed by atoms with Gasteiger partial charge < -0.3 is 10.2 Å². The molecule has 128 valence electrons. The number of hydrogen-bond donors (Lipinski definition) is 1. The van der Waals surface area contributed by atoms with E-state index < -0.39 is 9.84 Å². The minimum atomic E-state index is -3.31. The number of carbonyl (C=O) groups excluding carboxylic acids is 1. The van der Waals surface area contributed by atoms with Gasteiger partial charge in [-0.3, -0.25) is 4.79 Å². The molecular weight excluding hydrogens is 314 g/mol. The summed E-state index contributed by atoms with van der Waals surface area (Å²) in [6.07, 6.45) is 6.22. The summed E-state index contributed by atoms with van der Waals surface area (Å²) < 4.78 is 23.9. The summed E-state index contributed by atoms with van der Waals surface area (Å²) in [5, 5.41) is 2.97. The van der Waals surface area contributed by atoms with Gasteiger partial charge in [-0.15, -0.1) is 0 Å². The molecule has 7 heteroatoms. The second-order valence-electron chi connectivity index (χ2n) is 6.11. The molecule has 1 fully saturated rings. The molecule has 1 aliphatic heterocycles. The van der Waals surface area contributed by atoms with Crippen molar-refractivity contribution in [2.75, 3.05) is 30.8 Å². The number of pyridine rings is 1. The minimum Gasteiger partial charge on any atom is -0.356 e. The predicted molar refractivity (Wildman–Crippen MR) is 90.2 cm³/mol. The highest BCUT2D eigenvalue weighted by atomic mass is 32.2. The molecule has 0 bridgehead atoms. The number of amides is 1. The van der Waals surface area contributed by atoms with Crippen LogP contribution >= 0.6 is 0 Å². The van der Waals surface area contributed by atoms with E-state index in [1.807, 2.05) is 11.8 Å². The molecule has 1 unspecified atom stereocenters. The zero-order valence-electron chi connectivity index (χ0n) is 13.8. The Morgan fingerprint density at radius 2 is 2.26 bits per heavy atom. The fourth-order valence-corrected chi connectivity index (χ4v) is 3.75. The Morgan fingerprint density at radius 3 is 2.96 bits per heavy atom. The van der Waals surface area contributed by atoms with Crippen LogP contribution in [-0.2, 0) is 14.6 Å². The fourth-order valence-electron chi connectivity index (χ4n) is 2.91. The van der Waals surface area contributed by atoms with E-state index in [2.05, 4.69) is 10.3 Å². The van der Waals surface area contributed by atoms with Crippen LogP contribution in [0.5, 0.6) is 0 Å². The van der Waals surface area contributed by atoms with Gasteiger partial charge in [0.05, 0.1) is 0 Å². The highest BCUT2D eigenvalue weighted by Gasteiger charge is 2.25. The third kappa shape index (κ3) is 4.92. The van der Waals surface area contributed by atoms with E-state index in [1.165, 1.54) is 6.26 Å². The number of nitrogens with zero attached hydrogens (tertiary/aromatic N) is 2. The number of sulfone groups is 1. The number of piperidine rings is 1. The molecular formula is C16H25N3O3S. The number of aromatic nitrogens is 1. The van der Waals surface area contributed by atoms with Crippen LogP contribution in [0.1, 0.15) is 32.6 Å². The van der Waals surface area contributed by atoms with Crippen molar-refractivity contribution in [3.05, 3.63) is 18.3 Å². The van der Waals surface area contributed by atoms with Crippen LogP contribution in [0, 0.1) is 5.92 Å². The Balaban J connectivity index is 2.06. The van der Waals surface area contributed by atoms with E-state index in [0.717, 1.165) is 25.8 Å². The van der Waals surface area contributed by atoms with Crippen molar-refractivity contribution < 1.29 is 13.2 Å². The first-order chi connectivity index (χ1) is 10.9. The van der Waals surface area contributed by atoms with Gasteiger partial charge >= 0.3 is 0 Å². The summed E-state index contributed by atoms with van der Waals surface area (Å²) >= 11 is 0. The lowest BCUT2D eigenvalue weighted by atomic mass is 9.98. The van der Waals surface area contributed by atoms with E-state index in [-0.39, 0.29) is 10.8 Å². The number of hydrogen-bond acceptors (Lipinski definition) is 5. The predicted octanol–water partition coefficient (Wildman–Crippen LogP) is 1.62. The Bertz CT molecular complexity index is 646. The summed E-state index contributed by atoms with van der Waals surface area (Å²) in [7, 11) is -3.31. The zero-order valence-corrected chi connectivity index (χ0v) is 14.6. The lowest BCUT2D eigenvalue weighted by Crippen LogP contribution is -2.41. The molecule has 23 heavy (non-hydrogen) atoms. The van der Waals surface area contributed by atoms with Gasteiger partial charge in [0, 0.05) is 38.5 Å². The summed E-state index contributed by atoms with van der Waals surface area (Å²) in [6, 6.07) is 3.25. The van der Waals surface area contributed by atoms with E-state index in [4.69, 9.17) is 0 Å². The van der Waals surface area contributed by atoms with Gasteiger partial charge in [-0.25, -0.2) is 13.4 Å². The highest BCUT2D eigenvalue weighted by molar-refractivity contribution is 7.90. The largest absolute Gasteiger partial charge is 0.356 e. The van der Waals surface area contributed by atoms with Crippen molar-refractivity contribution in [3.63, 3.8) is 0 Å². The third-order valence-electron chi connectivity index (χ3n) is 4.03. The molecule has 1 aromatic rings. The van der Waals surface area contributed by atoms with Crippen molar-refractivity contribution in [1.82, 2.24) is 10.3 Å². The fraction of sp³-hybridized carbons (Fsp3) is 0.625. The molecule has 0 aromatic carbocycles. The Kier molecular flexibility index (Phi) is 5.98. The highest BCUT2D eigenvalue weighted by Crippen LogP contribution is 2.27. The molecule has 0 radical (unpaired) electrons. The molecule has 1 saturated heterocycles. The lowest BCUT2D eigenvalue weighted by Gasteiger charge is -2.34. The maximum absolute atomic E-state index is 11.9. The molecule has 0 spiro atoms. The average Bonchev–Trinajstić information content (AvgIpc) is 2.53. The second-order valence-corrected chi connectivity index (χ2v) is 8.09. The quantitative estimate of drug-likeness (QED) is 0.852. The zero-order chi connectivity index (χ0) is 16.9. The van der Waals surface area contributed by atoms with E-state index in [0.29, 0.717) is 31.2 Å². The molecule has 6 nitrogen and oxygen atoms in total. The maximum atomic E-state index is 11.9. The number of anilines is 1. The normalized spacial score (nSPS) is 18.7. The van der Waals surface area contributed by atoms with Gasteiger partial charge in [-0.2, -0.15) is 0 Å². The van der Waals surface area contributed by atoms with Crippen LogP contribution in [0.2, 0.25) is 0 Å². The van der Waals surface area contributed by atoms with Gasteiger partial charge in [-0.05, 0) is 37.3 Å². The molecule has 1 N–H and O–H groups in total. The van der Waals surface area contributed by atoms with Crippen LogP contribution in [0.4, 0.5) is 5.82 Å². The Morgan fingerprint density at radius 1 is 1.48 bits per heavy atom. The molecule has 2 rings (SSSR count). The standard InChI is InChI=1S/C16H25N3O3S/c1-3-6-15(20)18-11-13-7-5-10-19(12-13)16-14(23(2,21)22)8-4-9-17-16/h4,8-9,13H,3,5-7,10-12H2,1-2H3,(H,18,20). The molecule has 2 heterocycles. The number of carbonyl (C=O) groups is 1. The Labute approximate surface area is 138 Å². The number of rotatable bonds is 6. The average molecular weight is 339 g/mol. The van der Waals surface area contributed by atoms with Crippen LogP contribution in [0.25, 0.3) is 0 Å². The van der Waals surface area contributed by atoms with Crippen molar-refractivity contribution >= 4 is 21.6 Å². The van der Waals surface area contributed by atoms with Crippen molar-refractivity contribution in [2.45, 2.75) is 37.5 Å². The maximum Gasteiger partial charge on any atom is 0.219 e. The smallest absolute Gasteiger partial charge is 0.219 e. The summed E-state index contributed by atoms with van der Waals surface area (Å²) in [5.41, 5.74) is 0. The number of nitrogens with one attached hydrogen (secondary N) is 1. The minimum absolute atomic E-state index is 0.0827. The summed E-state index contributed by atoms with van der Waals surface area (Å²) in [6.45, 7) is 4.12. The molecule has 1 atom stereocenters. The second kappa shape index (κ2) is 7.77. The van der Waals surface area contributed by atoms with Crippen molar-refractivity contribution in [1.29, 1.82) is 0 Å². The van der Waals surface area contributed by atoms with Gasteiger partial charge in [0.1, 0.15) is 10.7 Å². The monoisotopic (exact) mass is 339 g/mol. The van der Waals surface area contributed by atoms with E-state index in [9.17, 15) is 13.2 Å². The summed E-state index contributed by atoms with van der Waals surface area (Å²) in [5.74, 6) is 0.929. The summed E-state index contributed by atoms with van der Waals surface area (Å²) in [4.78, 5) is 18.2. The molecule has 1 aliphatic rings. The third-order valence-corrected chi connectivity index (χ3v) is 5.15. The van der Waals surface area contributed by atoms with Crippen LogP contribution < -0.4 is 10.2 Å². The first-order valence-corrected chi connectivity index (χ1v) is 9.97. The molecule has 0 aliphatic carbocycles. The van der Waals surface area contributed by atoms with Gasteiger partial charge in [0.2, 0.25) is 5.91 Å². The topological polar surface area (TPSA) is 79.4 Å². The van der Waals surface area contributed by atoms with Crippen LogP contribution in [-0.4, -0.2) is 45.2 Å². The Hall–Kier alpha value is -1.63. The van der Waals surface area contributed by atoms with Crippen LogP contribution in [0.15, 0.2) is 23.2 Å². The first kappa shape index (κ1) is 17.7. The molecule has 1 aromatic heterocycles. The van der Waals surface area contributed by atoms with Crippen molar-refractivity contribution in [3.8, 4) is 0 Å². The SMILES string of the molecule is CCCC(=O)NCC1CCCN(c2ncccc2S(C)(=O)=O)C1. The van der Waals surface area contributed by atoms with Gasteiger partial charge in [0.25, 0.3) is 0 Å². The lowest BCUT2D eigenvalue weighted by molar-refractivity contribution is -0.121. The van der Waals surface area contributed by atoms with E-state index in [1.54, 1.807) is 18.3 Å². The van der Waals surface area contributed by atoms with E-state index >= 15 is 0 Å². The van der Waals surface area contributed by atoms with Gasteiger partial charge in [0.15, 0.2) is 9.84 Å². The molecule has 1 amide bonds.